The van der Waals surface area contributed by atoms with E-state index in [2.05, 4.69) is 13.8 Å². The van der Waals surface area contributed by atoms with E-state index >= 15 is 0 Å². The molecule has 0 fully saturated rings. The van der Waals surface area contributed by atoms with Gasteiger partial charge in [-0.1, -0.05) is 90.9 Å². The molecule has 0 amide bonds. The summed E-state index contributed by atoms with van der Waals surface area (Å²) in [6, 6.07) is 0. The normalized spacial score (nSPS) is 13.0. The third-order valence-electron chi connectivity index (χ3n) is 4.93. The van der Waals surface area contributed by atoms with Crippen LogP contribution in [0, 0.1) is 5.92 Å². The number of carbonyl (C=O) groups excluding carboxylic acids is 2. The van der Waals surface area contributed by atoms with Crippen LogP contribution in [0.25, 0.3) is 0 Å². The van der Waals surface area contributed by atoms with Crippen LogP contribution < -0.4 is 34.7 Å². The number of ketones is 1. The first kappa shape index (κ1) is 28.3. The Balaban J connectivity index is 0. The molecule has 0 saturated carbocycles. The van der Waals surface area contributed by atoms with Gasteiger partial charge < -0.3 is 15.0 Å². The van der Waals surface area contributed by atoms with Crippen molar-refractivity contribution < 1.29 is 49.4 Å². The van der Waals surface area contributed by atoms with Gasteiger partial charge in [-0.05, 0) is 12.8 Å². The average Bonchev–Trinajstić information content (AvgIpc) is 2.58. The standard InChI is InChI=1S/C21H40O4.Na/c1-3-5-7-9-10-12-14-16-18(15-13-11-8-6-4-2)19(22)17-20(23)21(24)25;/h18,20,23H,3-17H2,1-2H3,(H,24,25);/q;+1/p-1. The number of Topliss-reactive ketones (excluding diaryl/α,β-unsaturated/α-hetero) is 1. The van der Waals surface area contributed by atoms with Crippen molar-refractivity contribution in [2.24, 2.45) is 5.92 Å². The van der Waals surface area contributed by atoms with Crippen LogP contribution in [0.2, 0.25) is 0 Å². The molecule has 0 bridgehead atoms. The van der Waals surface area contributed by atoms with Crippen molar-refractivity contribution in [1.82, 2.24) is 0 Å². The van der Waals surface area contributed by atoms with Crippen LogP contribution in [-0.2, 0) is 9.59 Å². The molecule has 2 unspecified atom stereocenters. The van der Waals surface area contributed by atoms with E-state index in [0.717, 1.165) is 38.5 Å². The zero-order valence-electron chi connectivity index (χ0n) is 17.4. The molecular weight excluding hydrogens is 339 g/mol. The number of hydrogen-bond acceptors (Lipinski definition) is 4. The number of hydrogen-bond donors (Lipinski definition) is 1. The average molecular weight is 379 g/mol. The first-order valence-electron chi connectivity index (χ1n) is 10.4. The zero-order chi connectivity index (χ0) is 18.9. The van der Waals surface area contributed by atoms with E-state index in [0.29, 0.717) is 0 Å². The van der Waals surface area contributed by atoms with Crippen LogP contribution in [0.15, 0.2) is 0 Å². The van der Waals surface area contributed by atoms with Crippen LogP contribution in [0.3, 0.4) is 0 Å². The minimum Gasteiger partial charge on any atom is -0.547 e. The van der Waals surface area contributed by atoms with E-state index in [1.54, 1.807) is 0 Å². The molecule has 0 aromatic rings. The van der Waals surface area contributed by atoms with E-state index < -0.39 is 12.1 Å². The summed E-state index contributed by atoms with van der Waals surface area (Å²) in [5.41, 5.74) is 0. The van der Waals surface area contributed by atoms with Gasteiger partial charge in [-0.3, -0.25) is 4.79 Å². The van der Waals surface area contributed by atoms with Crippen LogP contribution >= 0.6 is 0 Å². The second kappa shape index (κ2) is 19.9. The van der Waals surface area contributed by atoms with Crippen LogP contribution in [-0.4, -0.2) is 23.0 Å². The molecule has 0 saturated heterocycles. The van der Waals surface area contributed by atoms with Crippen molar-refractivity contribution >= 4 is 11.8 Å². The second-order valence-corrected chi connectivity index (χ2v) is 7.32. The number of aliphatic carboxylic acids is 1. The zero-order valence-corrected chi connectivity index (χ0v) is 19.4. The molecule has 1 N–H and O–H groups in total. The fourth-order valence-electron chi connectivity index (χ4n) is 3.25. The Morgan fingerprint density at radius 3 is 1.54 bits per heavy atom. The maximum Gasteiger partial charge on any atom is 1.00 e. The maximum atomic E-state index is 12.3. The summed E-state index contributed by atoms with van der Waals surface area (Å²) in [6.07, 6.45) is 13.8. The van der Waals surface area contributed by atoms with Gasteiger partial charge in [-0.25, -0.2) is 0 Å². The van der Waals surface area contributed by atoms with Crippen LogP contribution in [0.1, 0.15) is 110 Å². The Labute approximate surface area is 182 Å². The second-order valence-electron chi connectivity index (χ2n) is 7.32. The summed E-state index contributed by atoms with van der Waals surface area (Å²) < 4.78 is 0. The maximum absolute atomic E-state index is 12.3. The molecule has 0 spiro atoms. The summed E-state index contributed by atoms with van der Waals surface area (Å²) in [5.74, 6) is -1.77. The van der Waals surface area contributed by atoms with Gasteiger partial charge in [0, 0.05) is 12.3 Å². The van der Waals surface area contributed by atoms with Crippen LogP contribution in [0.4, 0.5) is 0 Å². The minimum atomic E-state index is -1.66. The van der Waals surface area contributed by atoms with E-state index in [-0.39, 0.29) is 47.7 Å². The summed E-state index contributed by atoms with van der Waals surface area (Å²) in [7, 11) is 0. The molecule has 2 atom stereocenters. The van der Waals surface area contributed by atoms with Gasteiger partial charge in [0.1, 0.15) is 11.9 Å². The SMILES string of the molecule is CCCCCCCCCC(CCCCCCC)C(=O)CC(O)C(=O)[O-].[Na+]. The Morgan fingerprint density at radius 1 is 0.769 bits per heavy atom. The molecule has 26 heavy (non-hydrogen) atoms. The number of aliphatic hydroxyl groups excluding tert-OH is 1. The van der Waals surface area contributed by atoms with Gasteiger partial charge in [0.15, 0.2) is 0 Å². The number of unbranched alkanes of at least 4 members (excludes halogenated alkanes) is 10. The van der Waals surface area contributed by atoms with Gasteiger partial charge in [-0.2, -0.15) is 0 Å². The number of aliphatic hydroxyl groups is 1. The molecule has 0 radical (unpaired) electrons. The first-order valence-corrected chi connectivity index (χ1v) is 10.4. The molecule has 0 aromatic heterocycles. The fourth-order valence-corrected chi connectivity index (χ4v) is 3.25. The third kappa shape index (κ3) is 16.3. The predicted octanol–water partition coefficient (Wildman–Crippen LogP) is 1.18. The van der Waals surface area contributed by atoms with Crippen molar-refractivity contribution in [2.45, 2.75) is 116 Å². The van der Waals surface area contributed by atoms with Crippen molar-refractivity contribution in [2.75, 3.05) is 0 Å². The van der Waals surface area contributed by atoms with Gasteiger partial charge in [-0.15, -0.1) is 0 Å². The van der Waals surface area contributed by atoms with E-state index in [9.17, 15) is 19.8 Å². The van der Waals surface area contributed by atoms with Gasteiger partial charge in [0.05, 0.1) is 5.97 Å². The molecule has 4 nitrogen and oxygen atoms in total. The topological polar surface area (TPSA) is 77.4 Å². The number of carbonyl (C=O) groups is 2. The summed E-state index contributed by atoms with van der Waals surface area (Å²) in [5, 5.41) is 20.1. The van der Waals surface area contributed by atoms with Crippen LogP contribution in [0.5, 0.6) is 0 Å². The number of rotatable bonds is 18. The quantitative estimate of drug-likeness (QED) is 0.287. The smallest absolute Gasteiger partial charge is 0.547 e. The van der Waals surface area contributed by atoms with Crippen molar-refractivity contribution in [1.29, 1.82) is 0 Å². The van der Waals surface area contributed by atoms with Gasteiger partial charge in [0.25, 0.3) is 0 Å². The first-order chi connectivity index (χ1) is 12.0. The van der Waals surface area contributed by atoms with E-state index in [4.69, 9.17) is 0 Å². The molecule has 0 aliphatic rings. The largest absolute Gasteiger partial charge is 1.00 e. The Hall–Kier alpha value is 0.100. The van der Waals surface area contributed by atoms with Gasteiger partial charge >= 0.3 is 29.6 Å². The van der Waals surface area contributed by atoms with Crippen molar-refractivity contribution in [3.8, 4) is 0 Å². The molecule has 148 valence electrons. The molecular formula is C21H39NaO4. The molecule has 5 heteroatoms. The van der Waals surface area contributed by atoms with Crippen molar-refractivity contribution in [3.05, 3.63) is 0 Å². The van der Waals surface area contributed by atoms with Crippen molar-refractivity contribution in [3.63, 3.8) is 0 Å². The number of carboxylic acids is 1. The summed E-state index contributed by atoms with van der Waals surface area (Å²) in [6.45, 7) is 4.38. The molecule has 0 aliphatic carbocycles. The Morgan fingerprint density at radius 2 is 1.15 bits per heavy atom. The van der Waals surface area contributed by atoms with Gasteiger partial charge in [0.2, 0.25) is 0 Å². The molecule has 0 aliphatic heterocycles. The Bertz CT molecular complexity index is 347. The molecule has 0 rings (SSSR count). The summed E-state index contributed by atoms with van der Waals surface area (Å²) in [4.78, 5) is 23.0. The third-order valence-corrected chi connectivity index (χ3v) is 4.93. The fraction of sp³-hybridized carbons (Fsp3) is 0.905. The molecule has 0 heterocycles. The summed E-state index contributed by atoms with van der Waals surface area (Å²) >= 11 is 0. The predicted molar refractivity (Wildman–Crippen MR) is 100 cm³/mol. The Kier molecular flexibility index (Phi) is 21.6. The van der Waals surface area contributed by atoms with E-state index in [1.165, 1.54) is 51.4 Å². The molecule has 0 aromatic carbocycles. The van der Waals surface area contributed by atoms with E-state index in [1.807, 2.05) is 0 Å². The monoisotopic (exact) mass is 378 g/mol. The minimum absolute atomic E-state index is 0. The number of carboxylic acid groups (broad SMARTS) is 1.